The first kappa shape index (κ1) is 12.9. The number of hydrogen-bond acceptors (Lipinski definition) is 2. The number of carbonyl (C=O) groups excluding carboxylic acids is 1. The topological polar surface area (TPSA) is 37.3 Å². The molecule has 0 saturated heterocycles. The lowest BCUT2D eigenvalue weighted by Crippen LogP contribution is -2.04. The zero-order valence-electron chi connectivity index (χ0n) is 9.64. The molecule has 1 aromatic rings. The maximum absolute atomic E-state index is 10.9. The molecular formula is C14H20O2. The van der Waals surface area contributed by atoms with Gasteiger partial charge >= 0.3 is 0 Å². The van der Waals surface area contributed by atoms with Gasteiger partial charge in [0.15, 0.2) is 0 Å². The number of aliphatic hydroxyl groups excluding tert-OH is 1. The highest BCUT2D eigenvalue weighted by molar-refractivity contribution is 5.53. The second-order valence-electron chi connectivity index (χ2n) is 4.14. The Kier molecular flexibility index (Phi) is 6.50. The third-order valence-corrected chi connectivity index (χ3v) is 2.82. The third kappa shape index (κ3) is 5.08. The second-order valence-corrected chi connectivity index (χ2v) is 4.14. The van der Waals surface area contributed by atoms with Crippen LogP contribution in [-0.2, 0) is 11.2 Å². The van der Waals surface area contributed by atoms with Crippen LogP contribution >= 0.6 is 0 Å². The molecule has 88 valence electrons. The van der Waals surface area contributed by atoms with E-state index in [1.165, 1.54) is 5.56 Å². The average Bonchev–Trinajstić information content (AvgIpc) is 2.35. The van der Waals surface area contributed by atoms with Crippen LogP contribution < -0.4 is 0 Å². The highest BCUT2D eigenvalue weighted by Gasteiger charge is 2.06. The van der Waals surface area contributed by atoms with Crippen molar-refractivity contribution in [3.63, 3.8) is 0 Å². The maximum Gasteiger partial charge on any atom is 0.123 e. The zero-order valence-corrected chi connectivity index (χ0v) is 9.64. The molecule has 1 aromatic carbocycles. The van der Waals surface area contributed by atoms with Crippen molar-refractivity contribution in [2.75, 3.05) is 6.61 Å². The van der Waals surface area contributed by atoms with E-state index in [1.807, 2.05) is 18.2 Å². The van der Waals surface area contributed by atoms with E-state index in [-0.39, 0.29) is 12.5 Å². The Morgan fingerprint density at radius 3 is 2.50 bits per heavy atom. The van der Waals surface area contributed by atoms with E-state index in [0.717, 1.165) is 38.4 Å². The number of unbranched alkanes of at least 4 members (excludes halogenated alkanes) is 1. The molecule has 1 N–H and O–H groups in total. The Morgan fingerprint density at radius 1 is 1.12 bits per heavy atom. The first-order chi connectivity index (χ1) is 7.86. The lowest BCUT2D eigenvalue weighted by molar-refractivity contribution is -0.111. The first-order valence-electron chi connectivity index (χ1n) is 5.97. The summed E-state index contributed by atoms with van der Waals surface area (Å²) in [6.45, 7) is 0.226. The minimum Gasteiger partial charge on any atom is -0.396 e. The summed E-state index contributed by atoms with van der Waals surface area (Å²) >= 11 is 0. The molecular weight excluding hydrogens is 200 g/mol. The summed E-state index contributed by atoms with van der Waals surface area (Å²) in [5.41, 5.74) is 1.29. The molecule has 0 aromatic heterocycles. The molecule has 16 heavy (non-hydrogen) atoms. The highest BCUT2D eigenvalue weighted by Crippen LogP contribution is 2.14. The number of hydrogen-bond donors (Lipinski definition) is 1. The Hall–Kier alpha value is -1.15. The average molecular weight is 220 g/mol. The van der Waals surface area contributed by atoms with Crippen LogP contribution in [0.4, 0.5) is 0 Å². The molecule has 1 rings (SSSR count). The maximum atomic E-state index is 10.9. The first-order valence-corrected chi connectivity index (χ1v) is 5.97. The minimum absolute atomic E-state index is 0.145. The molecule has 0 aliphatic rings. The summed E-state index contributed by atoms with van der Waals surface area (Å²) < 4.78 is 0. The standard InChI is InChI=1S/C14H20O2/c15-11-5-4-8-14(12-16)10-9-13-6-2-1-3-7-13/h1-3,6-7,12,14-15H,4-5,8-11H2. The molecule has 2 heteroatoms. The van der Waals surface area contributed by atoms with Gasteiger partial charge in [-0.15, -0.1) is 0 Å². The number of aldehydes is 1. The van der Waals surface area contributed by atoms with Crippen LogP contribution in [0.1, 0.15) is 31.2 Å². The molecule has 0 bridgehead atoms. The summed E-state index contributed by atoms with van der Waals surface area (Å²) in [7, 11) is 0. The fraction of sp³-hybridized carbons (Fsp3) is 0.500. The molecule has 0 amide bonds. The summed E-state index contributed by atoms with van der Waals surface area (Å²) in [5, 5.41) is 8.67. The number of aryl methyl sites for hydroxylation is 1. The molecule has 1 atom stereocenters. The molecule has 0 fully saturated rings. The lowest BCUT2D eigenvalue weighted by atomic mass is 9.96. The molecule has 0 aliphatic heterocycles. The molecule has 0 heterocycles. The SMILES string of the molecule is O=CC(CCCCO)CCc1ccccc1. The lowest BCUT2D eigenvalue weighted by Gasteiger charge is -2.09. The quantitative estimate of drug-likeness (QED) is 0.540. The molecule has 0 radical (unpaired) electrons. The van der Waals surface area contributed by atoms with Crippen LogP contribution in [0, 0.1) is 5.92 Å². The van der Waals surface area contributed by atoms with Gasteiger partial charge < -0.3 is 9.90 Å². The van der Waals surface area contributed by atoms with E-state index >= 15 is 0 Å². The number of rotatable bonds is 8. The van der Waals surface area contributed by atoms with Gasteiger partial charge in [-0.3, -0.25) is 0 Å². The van der Waals surface area contributed by atoms with Crippen LogP contribution in [-0.4, -0.2) is 18.0 Å². The van der Waals surface area contributed by atoms with Crippen molar-refractivity contribution in [1.82, 2.24) is 0 Å². The molecule has 1 unspecified atom stereocenters. The van der Waals surface area contributed by atoms with Crippen LogP contribution in [0.2, 0.25) is 0 Å². The summed E-state index contributed by atoms with van der Waals surface area (Å²) in [6, 6.07) is 10.2. The van der Waals surface area contributed by atoms with Crippen molar-refractivity contribution in [2.45, 2.75) is 32.1 Å². The van der Waals surface area contributed by atoms with Gasteiger partial charge in [-0.2, -0.15) is 0 Å². The Morgan fingerprint density at radius 2 is 1.88 bits per heavy atom. The number of benzene rings is 1. The van der Waals surface area contributed by atoms with Crippen LogP contribution in [0.5, 0.6) is 0 Å². The van der Waals surface area contributed by atoms with E-state index in [9.17, 15) is 4.79 Å². The van der Waals surface area contributed by atoms with Crippen LogP contribution in [0.15, 0.2) is 30.3 Å². The Labute approximate surface area is 97.3 Å². The van der Waals surface area contributed by atoms with Gasteiger partial charge in [-0.1, -0.05) is 36.8 Å². The van der Waals surface area contributed by atoms with Crippen molar-refractivity contribution in [1.29, 1.82) is 0 Å². The predicted octanol–water partition coefficient (Wildman–Crippen LogP) is 2.60. The summed E-state index contributed by atoms with van der Waals surface area (Å²) in [5.74, 6) is 0.145. The molecule has 0 spiro atoms. The molecule has 2 nitrogen and oxygen atoms in total. The Balaban J connectivity index is 2.26. The van der Waals surface area contributed by atoms with E-state index in [2.05, 4.69) is 12.1 Å². The normalized spacial score (nSPS) is 12.3. The van der Waals surface area contributed by atoms with Crippen LogP contribution in [0.3, 0.4) is 0 Å². The highest BCUT2D eigenvalue weighted by atomic mass is 16.2. The van der Waals surface area contributed by atoms with Gasteiger partial charge in [0, 0.05) is 12.5 Å². The minimum atomic E-state index is 0.145. The molecule has 0 aliphatic carbocycles. The van der Waals surface area contributed by atoms with Gasteiger partial charge in [0.05, 0.1) is 0 Å². The summed E-state index contributed by atoms with van der Waals surface area (Å²) in [6.07, 6.45) is 5.57. The van der Waals surface area contributed by atoms with Crippen molar-refractivity contribution in [3.05, 3.63) is 35.9 Å². The van der Waals surface area contributed by atoms with Gasteiger partial charge in [-0.05, 0) is 31.2 Å². The number of aliphatic hydroxyl groups is 1. The van der Waals surface area contributed by atoms with Crippen molar-refractivity contribution >= 4 is 6.29 Å². The zero-order chi connectivity index (χ0) is 11.6. The van der Waals surface area contributed by atoms with Crippen molar-refractivity contribution < 1.29 is 9.90 Å². The monoisotopic (exact) mass is 220 g/mol. The smallest absolute Gasteiger partial charge is 0.123 e. The van der Waals surface area contributed by atoms with Crippen molar-refractivity contribution in [2.24, 2.45) is 5.92 Å². The van der Waals surface area contributed by atoms with Gasteiger partial charge in [0.25, 0.3) is 0 Å². The summed E-state index contributed by atoms with van der Waals surface area (Å²) in [4.78, 5) is 10.9. The van der Waals surface area contributed by atoms with Crippen LogP contribution in [0.25, 0.3) is 0 Å². The second kappa shape index (κ2) is 8.05. The predicted molar refractivity (Wildman–Crippen MR) is 65.3 cm³/mol. The fourth-order valence-corrected chi connectivity index (χ4v) is 1.80. The van der Waals surface area contributed by atoms with Crippen molar-refractivity contribution in [3.8, 4) is 0 Å². The van der Waals surface area contributed by atoms with E-state index in [1.54, 1.807) is 0 Å². The van der Waals surface area contributed by atoms with Gasteiger partial charge in [-0.25, -0.2) is 0 Å². The Bertz CT molecular complexity index is 282. The van der Waals surface area contributed by atoms with Gasteiger partial charge in [0.2, 0.25) is 0 Å². The van der Waals surface area contributed by atoms with E-state index in [0.29, 0.717) is 0 Å². The van der Waals surface area contributed by atoms with Gasteiger partial charge in [0.1, 0.15) is 6.29 Å². The number of carbonyl (C=O) groups is 1. The molecule has 0 saturated carbocycles. The largest absolute Gasteiger partial charge is 0.396 e. The van der Waals surface area contributed by atoms with E-state index in [4.69, 9.17) is 5.11 Å². The fourth-order valence-electron chi connectivity index (χ4n) is 1.80. The third-order valence-electron chi connectivity index (χ3n) is 2.82. The van der Waals surface area contributed by atoms with E-state index < -0.39 is 0 Å².